The highest BCUT2D eigenvalue weighted by molar-refractivity contribution is 7.92. The van der Waals surface area contributed by atoms with E-state index in [1.165, 1.54) is 4.90 Å². The molecule has 15 heteroatoms. The van der Waals surface area contributed by atoms with Gasteiger partial charge in [-0.15, -0.1) is 0 Å². The molecule has 0 spiro atoms. The Hall–Kier alpha value is -3.23. The molecule has 44 heavy (non-hydrogen) atoms. The van der Waals surface area contributed by atoms with Crippen molar-refractivity contribution in [3.63, 3.8) is 0 Å². The number of rotatable bonds is 5. The van der Waals surface area contributed by atoms with E-state index < -0.39 is 67.8 Å². The Balaban J connectivity index is 1.62. The highest BCUT2D eigenvalue weighted by Crippen LogP contribution is 2.57. The van der Waals surface area contributed by atoms with Crippen LogP contribution in [0.1, 0.15) is 55.2 Å². The molecule has 2 atom stereocenters. The Morgan fingerprint density at radius 1 is 0.841 bits per heavy atom. The number of fused-ring (bicyclic) bond motifs is 3. The molecule has 3 aliphatic rings. The Bertz CT molecular complexity index is 1550. The van der Waals surface area contributed by atoms with Gasteiger partial charge in [0.2, 0.25) is 11.8 Å². The Kier molecular flexibility index (Phi) is 7.82. The summed E-state index contributed by atoms with van der Waals surface area (Å²) in [7, 11) is -4.57. The molecule has 1 saturated carbocycles. The number of benzene rings is 2. The third-order valence-electron chi connectivity index (χ3n) is 9.43. The lowest BCUT2D eigenvalue weighted by Crippen LogP contribution is -2.54. The smallest absolute Gasteiger partial charge is 0.369 e. The molecule has 2 amide bonds. The summed E-state index contributed by atoms with van der Waals surface area (Å²) in [6, 6.07) is 4.18. The second-order valence-electron chi connectivity index (χ2n) is 11.7. The van der Waals surface area contributed by atoms with Crippen LogP contribution >= 0.6 is 0 Å². The highest BCUT2D eigenvalue weighted by Gasteiger charge is 2.74. The summed E-state index contributed by atoms with van der Waals surface area (Å²) in [5, 5.41) is 0. The topological polar surface area (TPSA) is 97.5 Å². The summed E-state index contributed by atoms with van der Waals surface area (Å²) in [5.74, 6) is -2.57. The maximum Gasteiger partial charge on any atom is 0.435 e. The van der Waals surface area contributed by atoms with Crippen LogP contribution in [0.2, 0.25) is 0 Å². The lowest BCUT2D eigenvalue weighted by atomic mass is 9.76. The average molecular weight is 653 g/mol. The van der Waals surface area contributed by atoms with Crippen LogP contribution in [0.4, 0.5) is 35.1 Å². The van der Waals surface area contributed by atoms with Crippen molar-refractivity contribution in [1.82, 2.24) is 4.90 Å². The zero-order valence-corrected chi connectivity index (χ0v) is 23.8. The first-order chi connectivity index (χ1) is 20.4. The molecule has 5 rings (SSSR count). The highest BCUT2D eigenvalue weighted by atomic mass is 32.2. The largest absolute Gasteiger partial charge is 0.435 e. The number of carbonyl (C=O) groups is 2. The summed E-state index contributed by atoms with van der Waals surface area (Å²) in [5.41, 5.74) is -2.42. The van der Waals surface area contributed by atoms with Gasteiger partial charge in [0.15, 0.2) is 9.84 Å². The van der Waals surface area contributed by atoms with Gasteiger partial charge in [-0.3, -0.25) is 9.59 Å². The van der Waals surface area contributed by atoms with E-state index in [1.807, 2.05) is 0 Å². The first-order valence-corrected chi connectivity index (χ1v) is 15.4. The normalized spacial score (nSPS) is 26.2. The number of hydrogen-bond donors (Lipinski definition) is 1. The molecule has 2 aliphatic carbocycles. The molecule has 0 unspecified atom stereocenters. The van der Waals surface area contributed by atoms with Crippen molar-refractivity contribution in [2.75, 3.05) is 6.54 Å². The third kappa shape index (κ3) is 4.76. The van der Waals surface area contributed by atoms with Crippen molar-refractivity contribution in [3.05, 3.63) is 65.0 Å². The Morgan fingerprint density at radius 3 is 1.95 bits per heavy atom. The van der Waals surface area contributed by atoms with Gasteiger partial charge in [0, 0.05) is 23.9 Å². The predicted octanol–water partition coefficient (Wildman–Crippen LogP) is 5.62. The molecule has 6 nitrogen and oxygen atoms in total. The van der Waals surface area contributed by atoms with Gasteiger partial charge in [-0.05, 0) is 80.3 Å². The molecular formula is C29H28F8N2O4S. The Labute approximate surface area is 247 Å². The zero-order chi connectivity index (χ0) is 32.5. The van der Waals surface area contributed by atoms with Crippen LogP contribution in [0.5, 0.6) is 0 Å². The van der Waals surface area contributed by atoms with E-state index in [9.17, 15) is 53.1 Å². The molecule has 0 radical (unpaired) electrons. The number of nitrogens with two attached hydrogens (primary N) is 1. The van der Waals surface area contributed by atoms with Gasteiger partial charge < -0.3 is 10.6 Å². The molecule has 2 aromatic carbocycles. The molecule has 1 aliphatic heterocycles. The SMILES string of the molecule is NC(=O)C1CCC(C(=O)N2CC[C@@]3(S(=O)(=O)c4ccc(F)cc4)c4ccc(C(F)(C(F)(F)F)C(F)(F)F)cc4CC[C@@H]23)CC1. The Morgan fingerprint density at radius 2 is 1.41 bits per heavy atom. The van der Waals surface area contributed by atoms with Crippen LogP contribution in [0, 0.1) is 17.7 Å². The first kappa shape index (κ1) is 32.2. The van der Waals surface area contributed by atoms with Crippen molar-refractivity contribution in [1.29, 1.82) is 0 Å². The van der Waals surface area contributed by atoms with Crippen molar-refractivity contribution in [2.45, 2.75) is 78.7 Å². The van der Waals surface area contributed by atoms with E-state index in [0.29, 0.717) is 37.8 Å². The summed E-state index contributed by atoms with van der Waals surface area (Å²) in [4.78, 5) is 26.4. The number of primary amides is 1. The fourth-order valence-corrected chi connectivity index (χ4v) is 9.54. The van der Waals surface area contributed by atoms with Crippen LogP contribution in [0.25, 0.3) is 0 Å². The maximum atomic E-state index is 15.0. The van der Waals surface area contributed by atoms with Crippen molar-refractivity contribution < 1.29 is 53.1 Å². The number of aryl methyl sites for hydroxylation is 1. The molecule has 0 bridgehead atoms. The van der Waals surface area contributed by atoms with E-state index in [0.717, 1.165) is 30.3 Å². The van der Waals surface area contributed by atoms with E-state index >= 15 is 0 Å². The summed E-state index contributed by atoms with van der Waals surface area (Å²) in [6.07, 6.45) is -12.0. The number of alkyl halides is 7. The molecule has 0 aromatic heterocycles. The molecule has 1 heterocycles. The van der Waals surface area contributed by atoms with Gasteiger partial charge in [-0.2, -0.15) is 26.3 Å². The number of carbonyl (C=O) groups excluding carboxylic acids is 2. The number of hydrogen-bond acceptors (Lipinski definition) is 4. The number of halogens is 8. The second kappa shape index (κ2) is 10.7. The van der Waals surface area contributed by atoms with E-state index in [1.54, 1.807) is 0 Å². The molecule has 2 fully saturated rings. The van der Waals surface area contributed by atoms with Gasteiger partial charge in [0.25, 0.3) is 0 Å². The number of amides is 2. The summed E-state index contributed by atoms with van der Waals surface area (Å²) < 4.78 is 137. The number of likely N-dealkylation sites (tertiary alicyclic amines) is 1. The zero-order valence-electron chi connectivity index (χ0n) is 23.0. The monoisotopic (exact) mass is 652 g/mol. The van der Waals surface area contributed by atoms with Crippen LogP contribution in [-0.2, 0) is 36.3 Å². The van der Waals surface area contributed by atoms with E-state index in [4.69, 9.17) is 5.73 Å². The van der Waals surface area contributed by atoms with Gasteiger partial charge in [0.1, 0.15) is 10.6 Å². The molecule has 240 valence electrons. The van der Waals surface area contributed by atoms with Crippen molar-refractivity contribution >= 4 is 21.7 Å². The third-order valence-corrected chi connectivity index (χ3v) is 12.0. The fourth-order valence-electron chi connectivity index (χ4n) is 7.18. The van der Waals surface area contributed by atoms with Crippen molar-refractivity contribution in [2.24, 2.45) is 17.6 Å². The minimum atomic E-state index is -6.36. The minimum Gasteiger partial charge on any atom is -0.369 e. The van der Waals surface area contributed by atoms with Crippen LogP contribution in [0.15, 0.2) is 47.4 Å². The van der Waals surface area contributed by atoms with E-state index in [-0.39, 0.29) is 47.7 Å². The van der Waals surface area contributed by atoms with Crippen molar-refractivity contribution in [3.8, 4) is 0 Å². The molecule has 1 saturated heterocycles. The maximum absolute atomic E-state index is 15.0. The van der Waals surface area contributed by atoms with Gasteiger partial charge in [0.05, 0.1) is 10.9 Å². The average Bonchev–Trinajstić information content (AvgIpc) is 3.37. The fraction of sp³-hybridized carbons (Fsp3) is 0.517. The standard InChI is InChI=1S/C29H28F8N2O4S/c30-20-7-9-21(10-8-20)44(42,43)26-13-14-39(25(41)17-3-1-16(2-4-17)24(38)40)23(26)12-5-18-15-19(6-11-22(18)26)27(31,28(32,33)34)29(35,36)37/h6-11,15-17,23H,1-5,12-14H2,(H2,38,40)/t16?,17?,23-,26-/m1/s1. The van der Waals surface area contributed by atoms with Crippen LogP contribution in [0.3, 0.4) is 0 Å². The quantitative estimate of drug-likeness (QED) is 0.335. The first-order valence-electron chi connectivity index (χ1n) is 13.9. The van der Waals surface area contributed by atoms with E-state index in [2.05, 4.69) is 0 Å². The second-order valence-corrected chi connectivity index (χ2v) is 13.9. The molecular weight excluding hydrogens is 624 g/mol. The lowest BCUT2D eigenvalue weighted by Gasteiger charge is -2.44. The minimum absolute atomic E-state index is 0.0982. The molecule has 2 aromatic rings. The summed E-state index contributed by atoms with van der Waals surface area (Å²) >= 11 is 0. The van der Waals surface area contributed by atoms with Gasteiger partial charge in [-0.25, -0.2) is 17.2 Å². The lowest BCUT2D eigenvalue weighted by molar-refractivity contribution is -0.348. The summed E-state index contributed by atoms with van der Waals surface area (Å²) in [6.45, 7) is -0.0982. The number of sulfone groups is 1. The molecule has 2 N–H and O–H groups in total. The van der Waals surface area contributed by atoms with Crippen LogP contribution in [-0.4, -0.2) is 50.1 Å². The van der Waals surface area contributed by atoms with Gasteiger partial charge in [-0.1, -0.05) is 18.2 Å². The predicted molar refractivity (Wildman–Crippen MR) is 140 cm³/mol. The van der Waals surface area contributed by atoms with Gasteiger partial charge >= 0.3 is 18.0 Å². The van der Waals surface area contributed by atoms with Crippen LogP contribution < -0.4 is 5.73 Å². The number of nitrogens with zero attached hydrogens (tertiary/aromatic N) is 1.